The van der Waals surface area contributed by atoms with Gasteiger partial charge in [0.25, 0.3) is 0 Å². The van der Waals surface area contributed by atoms with Gasteiger partial charge in [0.2, 0.25) is 0 Å². The van der Waals surface area contributed by atoms with E-state index in [0.717, 1.165) is 6.42 Å². The van der Waals surface area contributed by atoms with Crippen molar-refractivity contribution in [1.29, 1.82) is 0 Å². The molecule has 0 aromatic heterocycles. The summed E-state index contributed by atoms with van der Waals surface area (Å²) in [5.41, 5.74) is 1.26. The van der Waals surface area contributed by atoms with Gasteiger partial charge >= 0.3 is 0 Å². The van der Waals surface area contributed by atoms with Crippen molar-refractivity contribution in [3.8, 4) is 0 Å². The molecule has 0 aliphatic carbocycles. The minimum atomic E-state index is 1.10. The van der Waals surface area contributed by atoms with Gasteiger partial charge < -0.3 is 0 Å². The van der Waals surface area contributed by atoms with Crippen molar-refractivity contribution in [3.63, 3.8) is 0 Å². The first kappa shape index (κ1) is 8.06. The van der Waals surface area contributed by atoms with Crippen LogP contribution in [0.4, 0.5) is 0 Å². The maximum absolute atomic E-state index is 2.15. The van der Waals surface area contributed by atoms with Gasteiger partial charge in [-0.2, -0.15) is 0 Å². The van der Waals surface area contributed by atoms with Crippen LogP contribution in [-0.4, -0.2) is 0 Å². The Labute approximate surface area is 68.6 Å². The van der Waals surface area contributed by atoms with Crippen LogP contribution < -0.4 is 0 Å². The van der Waals surface area contributed by atoms with Crippen LogP contribution in [0.3, 0.4) is 0 Å². The van der Waals surface area contributed by atoms with Crippen molar-refractivity contribution in [3.05, 3.63) is 48.4 Å². The Bertz CT molecular complexity index is 209. The highest BCUT2D eigenvalue weighted by atomic mass is 13.9. The van der Waals surface area contributed by atoms with E-state index < -0.39 is 0 Å². The highest BCUT2D eigenvalue weighted by Gasteiger charge is 1.80. The fourth-order valence-electron chi connectivity index (χ4n) is 0.879. The largest absolute Gasteiger partial charge is 0.0802 e. The molecule has 1 aromatic carbocycles. The second kappa shape index (κ2) is 4.73. The van der Waals surface area contributed by atoms with Crippen LogP contribution in [0, 0.1) is 6.42 Å². The molecule has 1 rings (SSSR count). The normalized spacial score (nSPS) is 10.6. The number of unbranched alkanes of at least 4 members (excludes halogenated alkanes) is 1. The predicted octanol–water partition coefficient (Wildman–Crippen LogP) is 3.31. The Hall–Kier alpha value is -1.04. The molecule has 1 radical (unpaired) electrons. The van der Waals surface area contributed by atoms with E-state index in [9.17, 15) is 0 Å². The monoisotopic (exact) mass is 145 g/mol. The number of allylic oxidation sites excluding steroid dienone is 1. The first-order valence-corrected chi connectivity index (χ1v) is 3.98. The third-order valence-corrected chi connectivity index (χ3v) is 1.46. The smallest absolute Gasteiger partial charge is 0.0170 e. The molecule has 0 saturated carbocycles. The van der Waals surface area contributed by atoms with Crippen molar-refractivity contribution in [2.75, 3.05) is 0 Å². The lowest BCUT2D eigenvalue weighted by atomic mass is 10.2. The van der Waals surface area contributed by atoms with Crippen molar-refractivity contribution < 1.29 is 0 Å². The van der Waals surface area contributed by atoms with E-state index in [1.54, 1.807) is 0 Å². The second-order valence-electron chi connectivity index (χ2n) is 2.41. The molecule has 0 unspecified atom stereocenters. The van der Waals surface area contributed by atoms with Crippen LogP contribution in [0.5, 0.6) is 0 Å². The average Bonchev–Trinajstić information content (AvgIpc) is 2.07. The second-order valence-corrected chi connectivity index (χ2v) is 2.41. The Balaban J connectivity index is 2.50. The lowest BCUT2D eigenvalue weighted by Crippen LogP contribution is -1.68. The summed E-state index contributed by atoms with van der Waals surface area (Å²) in [6, 6.07) is 10.3. The molecule has 11 heavy (non-hydrogen) atoms. The minimum Gasteiger partial charge on any atom is -0.0802 e. The zero-order chi connectivity index (χ0) is 7.94. The molecule has 0 aliphatic rings. The highest BCUT2D eigenvalue weighted by Crippen LogP contribution is 2.01. The van der Waals surface area contributed by atoms with E-state index in [1.807, 2.05) is 18.2 Å². The summed E-state index contributed by atoms with van der Waals surface area (Å²) in [5, 5.41) is 0. The van der Waals surface area contributed by atoms with Crippen molar-refractivity contribution in [2.24, 2.45) is 0 Å². The summed E-state index contributed by atoms with van der Waals surface area (Å²) in [5.74, 6) is 0. The number of hydrogen-bond donors (Lipinski definition) is 0. The molecule has 0 atom stereocenters. The number of benzene rings is 1. The van der Waals surface area contributed by atoms with Gasteiger partial charge in [-0.25, -0.2) is 0 Å². The quantitative estimate of drug-likeness (QED) is 0.612. The molecule has 0 heterocycles. The zero-order valence-corrected chi connectivity index (χ0v) is 6.83. The minimum absolute atomic E-state index is 1.10. The molecule has 0 N–H and O–H groups in total. The van der Waals surface area contributed by atoms with E-state index >= 15 is 0 Å². The summed E-state index contributed by atoms with van der Waals surface area (Å²) in [6.45, 7) is 2.13. The summed E-state index contributed by atoms with van der Waals surface area (Å²) in [4.78, 5) is 0. The predicted molar refractivity (Wildman–Crippen MR) is 50.1 cm³/mol. The van der Waals surface area contributed by atoms with Crippen LogP contribution >= 0.6 is 0 Å². The maximum atomic E-state index is 2.15. The van der Waals surface area contributed by atoms with Crippen LogP contribution in [0.25, 0.3) is 6.08 Å². The van der Waals surface area contributed by atoms with Gasteiger partial charge in [-0.1, -0.05) is 49.4 Å². The maximum Gasteiger partial charge on any atom is -0.0170 e. The molecule has 0 aliphatic heterocycles. The standard InChI is InChI=1S/C11H13/c1-2-3-5-8-11-9-6-4-7-10-11/h3-10H,2H2,1H3/b8-5+. The van der Waals surface area contributed by atoms with Crippen LogP contribution in [0.15, 0.2) is 36.4 Å². The highest BCUT2D eigenvalue weighted by molar-refractivity contribution is 5.49. The molecule has 1 aromatic rings. The van der Waals surface area contributed by atoms with Gasteiger partial charge in [0.15, 0.2) is 0 Å². The lowest BCUT2D eigenvalue weighted by molar-refractivity contribution is 1.15. The molecule has 0 saturated heterocycles. The SMILES string of the molecule is CC[CH]/C=C/c1ccccc1. The molecule has 0 nitrogen and oxygen atoms in total. The molecule has 57 valence electrons. The van der Waals surface area contributed by atoms with E-state index in [4.69, 9.17) is 0 Å². The van der Waals surface area contributed by atoms with Crippen molar-refractivity contribution in [2.45, 2.75) is 13.3 Å². The lowest BCUT2D eigenvalue weighted by Gasteiger charge is -1.89. The molecule has 0 bridgehead atoms. The van der Waals surface area contributed by atoms with E-state index in [-0.39, 0.29) is 0 Å². The summed E-state index contributed by atoms with van der Waals surface area (Å²) in [7, 11) is 0. The Morgan fingerprint density at radius 1 is 1.18 bits per heavy atom. The van der Waals surface area contributed by atoms with E-state index in [2.05, 4.69) is 37.6 Å². The Morgan fingerprint density at radius 3 is 2.55 bits per heavy atom. The number of rotatable bonds is 3. The Morgan fingerprint density at radius 2 is 1.91 bits per heavy atom. The Kier molecular flexibility index (Phi) is 3.46. The molecule has 0 heteroatoms. The third-order valence-electron chi connectivity index (χ3n) is 1.46. The van der Waals surface area contributed by atoms with Crippen LogP contribution in [-0.2, 0) is 0 Å². The van der Waals surface area contributed by atoms with E-state index in [1.165, 1.54) is 5.56 Å². The summed E-state index contributed by atoms with van der Waals surface area (Å²) >= 11 is 0. The molecular formula is C11H13. The van der Waals surface area contributed by atoms with Gasteiger partial charge in [0.1, 0.15) is 0 Å². The summed E-state index contributed by atoms with van der Waals surface area (Å²) < 4.78 is 0. The van der Waals surface area contributed by atoms with Crippen molar-refractivity contribution >= 4 is 6.08 Å². The van der Waals surface area contributed by atoms with E-state index in [0.29, 0.717) is 0 Å². The van der Waals surface area contributed by atoms with Crippen molar-refractivity contribution in [1.82, 2.24) is 0 Å². The zero-order valence-electron chi connectivity index (χ0n) is 6.83. The van der Waals surface area contributed by atoms with Crippen LogP contribution in [0.1, 0.15) is 18.9 Å². The van der Waals surface area contributed by atoms with Gasteiger partial charge in [-0.3, -0.25) is 0 Å². The first-order valence-electron chi connectivity index (χ1n) is 3.98. The van der Waals surface area contributed by atoms with Gasteiger partial charge in [-0.05, 0) is 18.4 Å². The third kappa shape index (κ3) is 3.03. The molecule has 0 fully saturated rings. The fourth-order valence-corrected chi connectivity index (χ4v) is 0.879. The fraction of sp³-hybridized carbons (Fsp3) is 0.182. The number of hydrogen-bond acceptors (Lipinski definition) is 0. The van der Waals surface area contributed by atoms with Crippen LogP contribution in [0.2, 0.25) is 0 Å². The molecule has 0 spiro atoms. The summed E-state index contributed by atoms with van der Waals surface area (Å²) in [6.07, 6.45) is 7.45. The topological polar surface area (TPSA) is 0 Å². The van der Waals surface area contributed by atoms with Gasteiger partial charge in [-0.15, -0.1) is 0 Å². The van der Waals surface area contributed by atoms with Gasteiger partial charge in [0.05, 0.1) is 0 Å². The molecular weight excluding hydrogens is 132 g/mol. The molecule has 0 amide bonds. The van der Waals surface area contributed by atoms with Gasteiger partial charge in [0, 0.05) is 0 Å². The first-order chi connectivity index (χ1) is 5.43. The average molecular weight is 145 g/mol.